The van der Waals surface area contributed by atoms with E-state index in [2.05, 4.69) is 27.3 Å². The second-order valence-corrected chi connectivity index (χ2v) is 7.19. The highest BCUT2D eigenvalue weighted by Gasteiger charge is 2.30. The summed E-state index contributed by atoms with van der Waals surface area (Å²) >= 11 is 11.4. The van der Waals surface area contributed by atoms with Gasteiger partial charge in [-0.25, -0.2) is 0 Å². The molecule has 0 spiro atoms. The molecular weight excluding hydrogens is 376 g/mol. The van der Waals surface area contributed by atoms with Gasteiger partial charge in [0.25, 0.3) is 5.91 Å². The van der Waals surface area contributed by atoms with E-state index in [-0.39, 0.29) is 0 Å². The van der Waals surface area contributed by atoms with Crippen LogP contribution in [0.4, 0.5) is 11.4 Å². The predicted octanol–water partition coefficient (Wildman–Crippen LogP) is 3.79. The number of aliphatic hydroxyl groups is 1. The molecule has 0 saturated carbocycles. The Balaban J connectivity index is 1.89. The van der Waals surface area contributed by atoms with Crippen molar-refractivity contribution in [3.8, 4) is 0 Å². The van der Waals surface area contributed by atoms with Gasteiger partial charge in [0.2, 0.25) is 0 Å². The highest BCUT2D eigenvalue weighted by atomic mass is 79.9. The predicted molar refractivity (Wildman–Crippen MR) is 89.2 cm³/mol. The zero-order valence-corrected chi connectivity index (χ0v) is 14.2. The third-order valence-corrected chi connectivity index (χ3v) is 5.33. The smallest absolute Gasteiger partial charge is 0.257 e. The number of hydrogen-bond acceptors (Lipinski definition) is 4. The van der Waals surface area contributed by atoms with E-state index in [9.17, 15) is 9.90 Å². The van der Waals surface area contributed by atoms with E-state index in [0.29, 0.717) is 22.8 Å². The third-order valence-electron chi connectivity index (χ3n) is 3.35. The van der Waals surface area contributed by atoms with Crippen LogP contribution in [-0.4, -0.2) is 18.1 Å². The maximum Gasteiger partial charge on any atom is 0.257 e. The van der Waals surface area contributed by atoms with Gasteiger partial charge >= 0.3 is 0 Å². The minimum absolute atomic E-state index is 0.414. The van der Waals surface area contributed by atoms with Crippen molar-refractivity contribution in [3.05, 3.63) is 43.5 Å². The Morgan fingerprint density at radius 2 is 2.24 bits per heavy atom. The van der Waals surface area contributed by atoms with Crippen LogP contribution in [0.15, 0.2) is 28.1 Å². The summed E-state index contributed by atoms with van der Waals surface area (Å²) in [5.74, 6) is -0.414. The number of nitrogens with one attached hydrogen (secondary N) is 1. The van der Waals surface area contributed by atoms with Crippen LogP contribution < -0.4 is 10.2 Å². The van der Waals surface area contributed by atoms with Gasteiger partial charge in [-0.15, -0.1) is 11.3 Å². The molecule has 3 rings (SSSR count). The summed E-state index contributed by atoms with van der Waals surface area (Å²) in [7, 11) is 1.94. The molecular formula is C14H12BrClN2O2S. The third kappa shape index (κ3) is 2.81. The van der Waals surface area contributed by atoms with Crippen LogP contribution in [0.1, 0.15) is 16.5 Å². The first-order valence-corrected chi connectivity index (χ1v) is 8.27. The number of thiophene rings is 1. The fraction of sp³-hybridized carbons (Fsp3) is 0.214. The molecule has 0 bridgehead atoms. The summed E-state index contributed by atoms with van der Waals surface area (Å²) in [6.45, 7) is 0.714. The van der Waals surface area contributed by atoms with Crippen molar-refractivity contribution < 1.29 is 9.90 Å². The standard InChI is InChI=1S/C14H12BrClN2O2S/c1-18(5-8-2-7(15)6-21-8)12-4-11-9(3-10(12)16)13(19)14(20)17-11/h2-4,6,13,19H,5H2,1H3,(H,17,20). The van der Waals surface area contributed by atoms with E-state index in [1.165, 1.54) is 4.88 Å². The molecule has 1 aromatic carbocycles. The SMILES string of the molecule is CN(Cc1cc(Br)cs1)c1cc2c(cc1Cl)C(O)C(=O)N2. The summed E-state index contributed by atoms with van der Waals surface area (Å²) in [5, 5.41) is 15.0. The van der Waals surface area contributed by atoms with E-state index < -0.39 is 12.0 Å². The van der Waals surface area contributed by atoms with Gasteiger partial charge in [-0.2, -0.15) is 0 Å². The van der Waals surface area contributed by atoms with Crippen molar-refractivity contribution in [2.24, 2.45) is 0 Å². The van der Waals surface area contributed by atoms with Gasteiger partial charge in [-0.3, -0.25) is 4.79 Å². The maximum absolute atomic E-state index is 11.5. The number of carbonyl (C=O) groups is 1. The Morgan fingerprint density at radius 3 is 2.90 bits per heavy atom. The second kappa shape index (κ2) is 5.61. The minimum atomic E-state index is -1.13. The molecule has 21 heavy (non-hydrogen) atoms. The summed E-state index contributed by atoms with van der Waals surface area (Å²) in [4.78, 5) is 14.7. The van der Waals surface area contributed by atoms with Crippen LogP contribution in [-0.2, 0) is 11.3 Å². The number of benzene rings is 1. The molecule has 0 saturated heterocycles. The Kier molecular flexibility index (Phi) is 3.96. The minimum Gasteiger partial charge on any atom is -0.378 e. The fourth-order valence-electron chi connectivity index (χ4n) is 2.30. The second-order valence-electron chi connectivity index (χ2n) is 4.87. The Bertz CT molecular complexity index is 719. The average molecular weight is 388 g/mol. The van der Waals surface area contributed by atoms with E-state index >= 15 is 0 Å². The molecule has 2 heterocycles. The quantitative estimate of drug-likeness (QED) is 0.842. The number of fused-ring (bicyclic) bond motifs is 1. The van der Waals surface area contributed by atoms with Crippen molar-refractivity contribution in [1.82, 2.24) is 0 Å². The van der Waals surface area contributed by atoms with Crippen LogP contribution in [0, 0.1) is 0 Å². The lowest BCUT2D eigenvalue weighted by molar-refractivity contribution is -0.123. The van der Waals surface area contributed by atoms with Crippen molar-refractivity contribution in [1.29, 1.82) is 0 Å². The fourth-order valence-corrected chi connectivity index (χ4v) is 4.12. The van der Waals surface area contributed by atoms with Crippen molar-refractivity contribution in [3.63, 3.8) is 0 Å². The molecule has 7 heteroatoms. The number of anilines is 2. The molecule has 1 atom stereocenters. The first-order chi connectivity index (χ1) is 9.95. The molecule has 2 N–H and O–H groups in total. The van der Waals surface area contributed by atoms with E-state index in [4.69, 9.17) is 11.6 Å². The van der Waals surface area contributed by atoms with Crippen molar-refractivity contribution in [2.45, 2.75) is 12.6 Å². The number of nitrogens with zero attached hydrogens (tertiary/aromatic N) is 1. The highest BCUT2D eigenvalue weighted by molar-refractivity contribution is 9.10. The van der Waals surface area contributed by atoms with Crippen molar-refractivity contribution >= 4 is 56.1 Å². The molecule has 1 unspecified atom stereocenters. The van der Waals surface area contributed by atoms with Gasteiger partial charge < -0.3 is 15.3 Å². The van der Waals surface area contributed by atoms with Gasteiger partial charge in [-0.1, -0.05) is 11.6 Å². The Morgan fingerprint density at radius 1 is 1.48 bits per heavy atom. The van der Waals surface area contributed by atoms with Crippen LogP contribution in [0.3, 0.4) is 0 Å². The molecule has 4 nitrogen and oxygen atoms in total. The number of amides is 1. The molecule has 0 aliphatic carbocycles. The van der Waals surface area contributed by atoms with Crippen LogP contribution >= 0.6 is 38.9 Å². The molecule has 110 valence electrons. The van der Waals surface area contributed by atoms with Gasteiger partial charge in [0, 0.05) is 33.0 Å². The molecule has 1 aliphatic heterocycles. The number of carbonyl (C=O) groups excluding carboxylic acids is 1. The number of halogens is 2. The van der Waals surface area contributed by atoms with E-state index in [0.717, 1.165) is 10.2 Å². The van der Waals surface area contributed by atoms with Crippen LogP contribution in [0.25, 0.3) is 0 Å². The lowest BCUT2D eigenvalue weighted by Gasteiger charge is -2.21. The molecule has 1 aliphatic rings. The first-order valence-electron chi connectivity index (χ1n) is 6.22. The van der Waals surface area contributed by atoms with E-state index in [1.54, 1.807) is 23.5 Å². The lowest BCUT2D eigenvalue weighted by atomic mass is 10.1. The monoisotopic (exact) mass is 386 g/mol. The Labute approximate surface area is 139 Å². The molecule has 1 aromatic heterocycles. The number of hydrogen-bond donors (Lipinski definition) is 2. The Hall–Kier alpha value is -1.08. The van der Waals surface area contributed by atoms with Gasteiger partial charge in [0.15, 0.2) is 6.10 Å². The van der Waals surface area contributed by atoms with Crippen molar-refractivity contribution in [2.75, 3.05) is 17.3 Å². The highest BCUT2D eigenvalue weighted by Crippen LogP contribution is 2.39. The van der Waals surface area contributed by atoms with Gasteiger partial charge in [-0.05, 0) is 34.1 Å². The normalized spacial score (nSPS) is 16.8. The lowest BCUT2D eigenvalue weighted by Crippen LogP contribution is -2.16. The molecule has 2 aromatic rings. The number of rotatable bonds is 3. The largest absolute Gasteiger partial charge is 0.378 e. The summed E-state index contributed by atoms with van der Waals surface area (Å²) in [5.41, 5.74) is 1.96. The molecule has 0 radical (unpaired) electrons. The van der Waals surface area contributed by atoms with Gasteiger partial charge in [0.05, 0.1) is 17.3 Å². The number of aliphatic hydroxyl groups excluding tert-OH is 1. The topological polar surface area (TPSA) is 52.6 Å². The molecule has 0 fully saturated rings. The summed E-state index contributed by atoms with van der Waals surface area (Å²) in [6.07, 6.45) is -1.13. The van der Waals surface area contributed by atoms with Crippen LogP contribution in [0.2, 0.25) is 5.02 Å². The van der Waals surface area contributed by atoms with E-state index in [1.807, 2.05) is 17.3 Å². The summed E-state index contributed by atoms with van der Waals surface area (Å²) in [6, 6.07) is 5.51. The van der Waals surface area contributed by atoms with Gasteiger partial charge in [0.1, 0.15) is 0 Å². The zero-order chi connectivity index (χ0) is 15.1. The zero-order valence-electron chi connectivity index (χ0n) is 11.1. The first kappa shape index (κ1) is 14.8. The molecule has 1 amide bonds. The maximum atomic E-state index is 11.5. The average Bonchev–Trinajstić information content (AvgIpc) is 2.95. The summed E-state index contributed by atoms with van der Waals surface area (Å²) < 4.78 is 1.06. The van der Waals surface area contributed by atoms with Crippen LogP contribution in [0.5, 0.6) is 0 Å².